The van der Waals surface area contributed by atoms with Crippen LogP contribution in [0.4, 0.5) is 21.9 Å². The van der Waals surface area contributed by atoms with E-state index in [-0.39, 0.29) is 13.2 Å². The number of nitriles is 1. The van der Waals surface area contributed by atoms with E-state index in [0.29, 0.717) is 33.9 Å². The monoisotopic (exact) mass is 516 g/mol. The van der Waals surface area contributed by atoms with Crippen molar-refractivity contribution in [2.45, 2.75) is 12.2 Å². The Morgan fingerprint density at radius 1 is 1.08 bits per heavy atom. The van der Waals surface area contributed by atoms with Crippen LogP contribution in [0.3, 0.4) is 0 Å². The summed E-state index contributed by atoms with van der Waals surface area (Å²) in [7, 11) is 1.42. The van der Waals surface area contributed by atoms with Crippen LogP contribution < -0.4 is 21.1 Å². The summed E-state index contributed by atoms with van der Waals surface area (Å²) < 4.78 is 16.8. The van der Waals surface area contributed by atoms with Crippen molar-refractivity contribution in [3.63, 3.8) is 0 Å². The number of nitrogens with zero attached hydrogens (tertiary/aromatic N) is 1. The lowest BCUT2D eigenvalue weighted by Crippen LogP contribution is -2.27. The van der Waals surface area contributed by atoms with Gasteiger partial charge < -0.3 is 30.4 Å². The average molecular weight is 517 g/mol. The predicted molar refractivity (Wildman–Crippen MR) is 142 cm³/mol. The van der Waals surface area contributed by atoms with Crippen LogP contribution in [0.1, 0.15) is 17.2 Å². The second-order valence-corrected chi connectivity index (χ2v) is 7.92. The smallest absolute Gasteiger partial charge is 0.412 e. The normalized spacial score (nSPS) is 12.2. The van der Waals surface area contributed by atoms with Crippen molar-refractivity contribution in [2.24, 2.45) is 0 Å². The summed E-state index contributed by atoms with van der Waals surface area (Å²) in [6.45, 7) is -0.0772. The molecule has 2 amide bonds. The molecule has 0 aliphatic rings. The number of para-hydroxylation sites is 2. The zero-order valence-corrected chi connectivity index (χ0v) is 20.7. The van der Waals surface area contributed by atoms with E-state index in [0.717, 1.165) is 0 Å². The lowest BCUT2D eigenvalue weighted by molar-refractivity contribution is -0.112. The van der Waals surface area contributed by atoms with Gasteiger partial charge in [-0.25, -0.2) is 4.79 Å². The van der Waals surface area contributed by atoms with Gasteiger partial charge in [-0.3, -0.25) is 10.1 Å². The third-order valence-corrected chi connectivity index (χ3v) is 5.27. The fourth-order valence-electron chi connectivity index (χ4n) is 3.43. The number of aliphatic hydroxyl groups excluding tert-OH is 1. The molecule has 0 spiro atoms. The highest BCUT2D eigenvalue weighted by Crippen LogP contribution is 2.28. The van der Waals surface area contributed by atoms with Crippen molar-refractivity contribution in [2.75, 3.05) is 36.7 Å². The van der Waals surface area contributed by atoms with E-state index in [4.69, 9.17) is 30.3 Å². The summed E-state index contributed by atoms with van der Waals surface area (Å²) in [5, 5.41) is 23.3. The number of ether oxygens (including phenoxy) is 3. The second kappa shape index (κ2) is 14.0. The largest absolute Gasteiger partial charge is 0.491 e. The van der Waals surface area contributed by atoms with E-state index in [9.17, 15) is 9.59 Å². The van der Waals surface area contributed by atoms with Crippen molar-refractivity contribution in [3.8, 4) is 11.8 Å². The number of amides is 2. The molecule has 10 nitrogen and oxygen atoms in total. The molecule has 0 aliphatic carbocycles. The highest BCUT2D eigenvalue weighted by molar-refractivity contribution is 6.01. The first-order valence-electron chi connectivity index (χ1n) is 11.6. The zero-order chi connectivity index (χ0) is 27.3. The van der Waals surface area contributed by atoms with Crippen LogP contribution in [-0.2, 0) is 14.3 Å². The van der Waals surface area contributed by atoms with E-state index in [1.165, 1.54) is 19.3 Å². The Morgan fingerprint density at radius 2 is 1.84 bits per heavy atom. The van der Waals surface area contributed by atoms with E-state index >= 15 is 0 Å². The summed E-state index contributed by atoms with van der Waals surface area (Å²) in [6, 6.07) is 21.9. The molecule has 0 heterocycles. The summed E-state index contributed by atoms with van der Waals surface area (Å²) >= 11 is 0. The number of aliphatic hydroxyl groups is 1. The maximum atomic E-state index is 12.8. The molecule has 3 aromatic rings. The number of carbonyl (C=O) groups is 2. The molecule has 2 atom stereocenters. The summed E-state index contributed by atoms with van der Waals surface area (Å²) in [4.78, 5) is 25.3. The molecule has 0 bridgehead atoms. The van der Waals surface area contributed by atoms with Crippen molar-refractivity contribution in [3.05, 3.63) is 96.1 Å². The van der Waals surface area contributed by atoms with Crippen LogP contribution in [0.25, 0.3) is 0 Å². The first kappa shape index (κ1) is 27.7. The van der Waals surface area contributed by atoms with E-state index in [1.807, 2.05) is 6.07 Å². The molecular formula is C28H28N4O6. The van der Waals surface area contributed by atoms with Crippen molar-refractivity contribution in [1.29, 1.82) is 5.26 Å². The number of nitrogen functional groups attached to an aromatic ring is 1. The van der Waals surface area contributed by atoms with Gasteiger partial charge in [0.2, 0.25) is 5.91 Å². The van der Waals surface area contributed by atoms with Gasteiger partial charge in [0, 0.05) is 18.9 Å². The predicted octanol–water partition coefficient (Wildman–Crippen LogP) is 4.01. The van der Waals surface area contributed by atoms with Crippen molar-refractivity contribution in [1.82, 2.24) is 0 Å². The van der Waals surface area contributed by atoms with Gasteiger partial charge in [-0.05, 0) is 60.2 Å². The molecule has 0 aliphatic heterocycles. The lowest BCUT2D eigenvalue weighted by Gasteiger charge is -2.25. The molecule has 0 saturated carbocycles. The van der Waals surface area contributed by atoms with Gasteiger partial charge in [0.05, 0.1) is 29.6 Å². The van der Waals surface area contributed by atoms with E-state index < -0.39 is 24.2 Å². The molecule has 0 saturated heterocycles. The van der Waals surface area contributed by atoms with Crippen molar-refractivity contribution >= 4 is 29.1 Å². The SMILES string of the molecule is CO[C@H](/C=C/C(=O)Nc1ccccc1N)[C@H](OC(=O)Nc1ccc(C#N)cc1)c1cccc(OCCO)c1. The number of hydrogen-bond donors (Lipinski definition) is 4. The standard InChI is InChI=1S/C28H28N4O6/c1-36-25(13-14-26(34)32-24-8-3-2-7-23(24)30)27(20-5-4-6-22(17-20)37-16-15-33)38-28(35)31-21-11-9-19(18-29)10-12-21/h2-14,17,25,27,33H,15-16,30H2,1H3,(H,31,35)(H,32,34)/b14-13+/t25-,27-/m1/s1. The minimum Gasteiger partial charge on any atom is -0.491 e. The highest BCUT2D eigenvalue weighted by atomic mass is 16.6. The molecule has 196 valence electrons. The maximum Gasteiger partial charge on any atom is 0.412 e. The van der Waals surface area contributed by atoms with Gasteiger partial charge in [-0.15, -0.1) is 0 Å². The average Bonchev–Trinajstić information content (AvgIpc) is 2.93. The fraction of sp³-hybridized carbons (Fsp3) is 0.179. The molecule has 38 heavy (non-hydrogen) atoms. The van der Waals surface area contributed by atoms with Gasteiger partial charge in [0.15, 0.2) is 6.10 Å². The van der Waals surface area contributed by atoms with Gasteiger partial charge in [0.25, 0.3) is 0 Å². The number of hydrogen-bond acceptors (Lipinski definition) is 8. The molecule has 0 aromatic heterocycles. The van der Waals surface area contributed by atoms with Crippen LogP contribution in [0.15, 0.2) is 84.9 Å². The fourth-order valence-corrected chi connectivity index (χ4v) is 3.43. The minimum absolute atomic E-state index is 0.0879. The Balaban J connectivity index is 1.82. The number of benzene rings is 3. The highest BCUT2D eigenvalue weighted by Gasteiger charge is 2.26. The molecular weight excluding hydrogens is 488 g/mol. The van der Waals surface area contributed by atoms with E-state index in [1.54, 1.807) is 72.8 Å². The number of rotatable bonds is 11. The topological polar surface area (TPSA) is 156 Å². The molecule has 3 aromatic carbocycles. The summed E-state index contributed by atoms with van der Waals surface area (Å²) in [5.74, 6) is -0.000423. The second-order valence-electron chi connectivity index (χ2n) is 7.92. The number of methoxy groups -OCH3 is 1. The quantitative estimate of drug-likeness (QED) is 0.220. The van der Waals surface area contributed by atoms with Gasteiger partial charge in [-0.1, -0.05) is 24.3 Å². The van der Waals surface area contributed by atoms with E-state index in [2.05, 4.69) is 10.6 Å². The van der Waals surface area contributed by atoms with Crippen LogP contribution >= 0.6 is 0 Å². The first-order chi connectivity index (χ1) is 18.4. The van der Waals surface area contributed by atoms with Gasteiger partial charge >= 0.3 is 6.09 Å². The van der Waals surface area contributed by atoms with Gasteiger partial charge in [0.1, 0.15) is 18.5 Å². The minimum atomic E-state index is -0.984. The summed E-state index contributed by atoms with van der Waals surface area (Å²) in [6.07, 6.45) is 0.102. The molecule has 10 heteroatoms. The zero-order valence-electron chi connectivity index (χ0n) is 20.7. The Hall–Kier alpha value is -4.85. The molecule has 5 N–H and O–H groups in total. The van der Waals surface area contributed by atoms with Gasteiger partial charge in [-0.2, -0.15) is 5.26 Å². The third kappa shape index (κ3) is 8.09. The van der Waals surface area contributed by atoms with Crippen molar-refractivity contribution < 1.29 is 28.9 Å². The molecule has 3 rings (SSSR count). The number of nitrogens with two attached hydrogens (primary N) is 1. The Bertz CT molecular complexity index is 1300. The van der Waals surface area contributed by atoms with Crippen LogP contribution in [-0.4, -0.2) is 43.5 Å². The third-order valence-electron chi connectivity index (χ3n) is 5.27. The van der Waals surface area contributed by atoms with Crippen LogP contribution in [0.2, 0.25) is 0 Å². The molecule has 0 radical (unpaired) electrons. The van der Waals surface area contributed by atoms with Crippen LogP contribution in [0, 0.1) is 11.3 Å². The lowest BCUT2D eigenvalue weighted by atomic mass is 10.0. The van der Waals surface area contributed by atoms with Crippen LogP contribution in [0.5, 0.6) is 5.75 Å². The number of nitrogens with one attached hydrogen (secondary N) is 2. The summed E-state index contributed by atoms with van der Waals surface area (Å²) in [5.41, 5.74) is 8.16. The first-order valence-corrected chi connectivity index (χ1v) is 11.6. The Kier molecular flexibility index (Phi) is 10.2. The Labute approximate surface area is 220 Å². The number of carbonyl (C=O) groups excluding carboxylic acids is 2. The molecule has 0 fully saturated rings. The molecule has 0 unspecified atom stereocenters. The Morgan fingerprint density at radius 3 is 2.53 bits per heavy atom. The number of anilines is 3. The maximum absolute atomic E-state index is 12.8.